The number of nitrogens with one attached hydrogen (secondary N) is 3. The summed E-state index contributed by atoms with van der Waals surface area (Å²) in [6, 6.07) is 6.66. The summed E-state index contributed by atoms with van der Waals surface area (Å²) in [7, 11) is 0. The van der Waals surface area contributed by atoms with E-state index in [1.807, 2.05) is 10.2 Å². The maximum absolute atomic E-state index is 12.7. The first-order valence-electron chi connectivity index (χ1n) is 8.81. The summed E-state index contributed by atoms with van der Waals surface area (Å²) in [6.07, 6.45) is 0.232. The molecule has 0 spiro atoms. The normalized spacial score (nSPS) is 17.8. The van der Waals surface area contributed by atoms with Gasteiger partial charge in [0.15, 0.2) is 0 Å². The molecule has 0 aliphatic carbocycles. The minimum Gasteiger partial charge on any atom is -0.370 e. The van der Waals surface area contributed by atoms with E-state index in [9.17, 15) is 22.8 Å². The highest BCUT2D eigenvalue weighted by Crippen LogP contribution is 2.41. The number of aromatic nitrogens is 1. The Bertz CT molecular complexity index is 958. The number of hydrogen-bond acceptors (Lipinski definition) is 3. The molecule has 2 aliphatic rings. The quantitative estimate of drug-likeness (QED) is 0.701. The first-order valence-corrected chi connectivity index (χ1v) is 8.81. The van der Waals surface area contributed by atoms with Crippen molar-refractivity contribution in [2.75, 3.05) is 28.6 Å². The lowest BCUT2D eigenvalue weighted by Crippen LogP contribution is -2.31. The van der Waals surface area contributed by atoms with Crippen molar-refractivity contribution in [1.29, 1.82) is 0 Å². The van der Waals surface area contributed by atoms with Gasteiger partial charge in [0.05, 0.1) is 22.6 Å². The predicted molar refractivity (Wildman–Crippen MR) is 99.9 cm³/mol. The minimum absolute atomic E-state index is 0.0319. The Morgan fingerprint density at radius 1 is 1.21 bits per heavy atom. The summed E-state index contributed by atoms with van der Waals surface area (Å²) >= 11 is 0. The van der Waals surface area contributed by atoms with Crippen molar-refractivity contribution in [1.82, 2.24) is 4.98 Å². The van der Waals surface area contributed by atoms with Crippen molar-refractivity contribution in [3.63, 3.8) is 0 Å². The molecule has 0 bridgehead atoms. The van der Waals surface area contributed by atoms with Gasteiger partial charge in [-0.2, -0.15) is 13.2 Å². The van der Waals surface area contributed by atoms with Crippen LogP contribution in [0.15, 0.2) is 30.5 Å². The van der Waals surface area contributed by atoms with Gasteiger partial charge in [0.2, 0.25) is 0 Å². The Labute approximate surface area is 158 Å². The molecule has 146 valence electrons. The molecule has 0 radical (unpaired) electrons. The monoisotopic (exact) mass is 390 g/mol. The van der Waals surface area contributed by atoms with E-state index in [0.717, 1.165) is 18.5 Å². The van der Waals surface area contributed by atoms with Crippen molar-refractivity contribution >= 4 is 40.5 Å². The topological polar surface area (TPSA) is 77.2 Å². The Balaban J connectivity index is 1.78. The molecule has 28 heavy (non-hydrogen) atoms. The number of carbonyl (C=O) groups is 2. The number of alkyl halides is 3. The van der Waals surface area contributed by atoms with Crippen LogP contribution in [0.3, 0.4) is 0 Å². The highest BCUT2D eigenvalue weighted by atomic mass is 19.4. The number of fused-ring (bicyclic) bond motifs is 1. The number of amides is 2. The van der Waals surface area contributed by atoms with Crippen LogP contribution in [0.25, 0.3) is 11.6 Å². The molecular weight excluding hydrogens is 373 g/mol. The van der Waals surface area contributed by atoms with Gasteiger partial charge in [0.1, 0.15) is 0 Å². The van der Waals surface area contributed by atoms with Gasteiger partial charge < -0.3 is 20.5 Å². The number of rotatable bonds is 3. The zero-order chi connectivity index (χ0) is 19.9. The Morgan fingerprint density at radius 2 is 1.96 bits per heavy atom. The van der Waals surface area contributed by atoms with Gasteiger partial charge in [-0.05, 0) is 43.2 Å². The Kier molecular flexibility index (Phi) is 4.37. The van der Waals surface area contributed by atoms with Crippen LogP contribution >= 0.6 is 0 Å². The third-order valence-corrected chi connectivity index (χ3v) is 4.79. The molecule has 4 rings (SSSR count). The van der Waals surface area contributed by atoms with E-state index in [1.165, 1.54) is 6.07 Å². The average molecular weight is 390 g/mol. The third kappa shape index (κ3) is 3.35. The zero-order valence-corrected chi connectivity index (χ0v) is 14.7. The van der Waals surface area contributed by atoms with E-state index in [0.29, 0.717) is 35.6 Å². The van der Waals surface area contributed by atoms with Crippen LogP contribution in [0.2, 0.25) is 0 Å². The second-order valence-electron chi connectivity index (χ2n) is 6.70. The molecule has 0 unspecified atom stereocenters. The van der Waals surface area contributed by atoms with E-state index in [4.69, 9.17) is 0 Å². The van der Waals surface area contributed by atoms with E-state index >= 15 is 0 Å². The molecule has 0 saturated carbocycles. The molecule has 2 amide bonds. The number of aromatic amines is 1. The van der Waals surface area contributed by atoms with Crippen LogP contribution in [-0.4, -0.2) is 36.1 Å². The molecule has 1 saturated heterocycles. The van der Waals surface area contributed by atoms with Crippen LogP contribution < -0.4 is 15.5 Å². The fourth-order valence-electron chi connectivity index (χ4n) is 3.47. The largest absolute Gasteiger partial charge is 0.471 e. The zero-order valence-electron chi connectivity index (χ0n) is 14.7. The van der Waals surface area contributed by atoms with Gasteiger partial charge >= 0.3 is 12.1 Å². The SMILES string of the molecule is O=C1Nc2cc(NC(=O)C(F)(F)F)c(N3CCCC3)cc2/C1=C/c1ccc[nH]1. The lowest BCUT2D eigenvalue weighted by atomic mass is 10.0. The number of H-pyrrole nitrogens is 1. The van der Waals surface area contributed by atoms with Crippen LogP contribution in [0.1, 0.15) is 24.1 Å². The summed E-state index contributed by atoms with van der Waals surface area (Å²) in [5, 5.41) is 4.61. The summed E-state index contributed by atoms with van der Waals surface area (Å²) in [5.74, 6) is -2.39. The molecular formula is C19H17F3N4O2. The third-order valence-electron chi connectivity index (χ3n) is 4.79. The molecule has 9 heteroatoms. The number of halogens is 3. The molecule has 2 aliphatic heterocycles. The maximum atomic E-state index is 12.7. The standard InChI is InChI=1S/C19H17F3N4O2/c20-19(21,22)18(28)25-15-10-14-12(9-16(15)26-6-1-2-7-26)13(17(27)24-14)8-11-4-3-5-23-11/h3-5,8-10,23H,1-2,6-7H2,(H,24,27)(H,25,28)/b13-8-. The van der Waals surface area contributed by atoms with Gasteiger partial charge in [-0.1, -0.05) is 0 Å². The number of benzene rings is 1. The van der Waals surface area contributed by atoms with Crippen molar-refractivity contribution in [2.45, 2.75) is 19.0 Å². The van der Waals surface area contributed by atoms with Crippen molar-refractivity contribution in [3.05, 3.63) is 41.7 Å². The van der Waals surface area contributed by atoms with E-state index in [1.54, 1.807) is 30.5 Å². The van der Waals surface area contributed by atoms with E-state index < -0.39 is 12.1 Å². The first-order chi connectivity index (χ1) is 13.3. The maximum Gasteiger partial charge on any atom is 0.471 e. The van der Waals surface area contributed by atoms with Gasteiger partial charge in [0, 0.05) is 30.5 Å². The lowest BCUT2D eigenvalue weighted by Gasteiger charge is -2.23. The fraction of sp³-hybridized carbons (Fsp3) is 0.263. The highest BCUT2D eigenvalue weighted by Gasteiger charge is 2.39. The smallest absolute Gasteiger partial charge is 0.370 e. The molecule has 1 aromatic carbocycles. The number of hydrogen-bond donors (Lipinski definition) is 3. The molecule has 0 atom stereocenters. The number of carbonyl (C=O) groups excluding carboxylic acids is 2. The van der Waals surface area contributed by atoms with Gasteiger partial charge in [-0.25, -0.2) is 0 Å². The number of anilines is 3. The highest BCUT2D eigenvalue weighted by molar-refractivity contribution is 6.35. The number of nitrogens with zero attached hydrogens (tertiary/aromatic N) is 1. The van der Waals surface area contributed by atoms with Crippen LogP contribution in [0.5, 0.6) is 0 Å². The molecule has 3 N–H and O–H groups in total. The van der Waals surface area contributed by atoms with Crippen LogP contribution in [0, 0.1) is 0 Å². The van der Waals surface area contributed by atoms with Gasteiger partial charge in [0.25, 0.3) is 5.91 Å². The minimum atomic E-state index is -5.00. The molecule has 6 nitrogen and oxygen atoms in total. The molecule has 1 aromatic heterocycles. The van der Waals surface area contributed by atoms with Gasteiger partial charge in [-0.15, -0.1) is 0 Å². The summed E-state index contributed by atoms with van der Waals surface area (Å²) in [6.45, 7) is 1.34. The van der Waals surface area contributed by atoms with Crippen molar-refractivity contribution < 1.29 is 22.8 Å². The van der Waals surface area contributed by atoms with Crippen molar-refractivity contribution in [2.24, 2.45) is 0 Å². The van der Waals surface area contributed by atoms with Gasteiger partial charge in [-0.3, -0.25) is 9.59 Å². The summed E-state index contributed by atoms with van der Waals surface area (Å²) < 4.78 is 38.2. The second-order valence-corrected chi connectivity index (χ2v) is 6.70. The fourth-order valence-corrected chi connectivity index (χ4v) is 3.47. The molecule has 3 heterocycles. The second kappa shape index (κ2) is 6.74. The molecule has 2 aromatic rings. The van der Waals surface area contributed by atoms with Crippen LogP contribution in [0.4, 0.5) is 30.2 Å². The predicted octanol–water partition coefficient (Wildman–Crippen LogP) is 3.61. The molecule has 1 fully saturated rings. The average Bonchev–Trinajstić information content (AvgIpc) is 3.37. The lowest BCUT2D eigenvalue weighted by molar-refractivity contribution is -0.167. The Hall–Kier alpha value is -3.23. The van der Waals surface area contributed by atoms with E-state index in [2.05, 4.69) is 10.3 Å². The van der Waals surface area contributed by atoms with E-state index in [-0.39, 0.29) is 11.6 Å². The van der Waals surface area contributed by atoms with Crippen molar-refractivity contribution in [3.8, 4) is 0 Å². The Morgan fingerprint density at radius 3 is 2.61 bits per heavy atom. The summed E-state index contributed by atoms with van der Waals surface area (Å²) in [5.41, 5.74) is 2.60. The van der Waals surface area contributed by atoms with Crippen LogP contribution in [-0.2, 0) is 9.59 Å². The first kappa shape index (κ1) is 18.1. The summed E-state index contributed by atoms with van der Waals surface area (Å²) in [4.78, 5) is 28.8.